The highest BCUT2D eigenvalue weighted by Crippen LogP contribution is 2.19. The van der Waals surface area contributed by atoms with Crippen LogP contribution in [0.5, 0.6) is 0 Å². The maximum Gasteiger partial charge on any atom is 0.281 e. The van der Waals surface area contributed by atoms with Crippen LogP contribution in [0.25, 0.3) is 0 Å². The van der Waals surface area contributed by atoms with E-state index in [0.29, 0.717) is 5.75 Å². The van der Waals surface area contributed by atoms with Crippen molar-refractivity contribution in [2.45, 2.75) is 32.4 Å². The molecule has 5 nitrogen and oxygen atoms in total. The Labute approximate surface area is 123 Å². The van der Waals surface area contributed by atoms with Gasteiger partial charge < -0.3 is 4.90 Å². The van der Waals surface area contributed by atoms with Crippen LogP contribution in [0.15, 0.2) is 24.3 Å². The number of hydrogen-bond donors (Lipinski definition) is 0. The molecule has 0 saturated carbocycles. The van der Waals surface area contributed by atoms with Crippen molar-refractivity contribution >= 4 is 22.7 Å². The summed E-state index contributed by atoms with van der Waals surface area (Å²) in [5, 5.41) is 10.6. The van der Waals surface area contributed by atoms with Gasteiger partial charge in [0, 0.05) is 31.0 Å². The molecule has 0 aliphatic rings. The Kier molecular flexibility index (Phi) is 7.08. The number of nitro groups is 1. The standard InChI is InChI=1S/C14H20N2O3S/c1-3-9-15(10-4-2)14(17)20-11-12-5-7-13(8-6-12)16(18)19/h5-8H,3-4,9-11H2,1-2H3. The normalized spacial score (nSPS) is 10.3. The molecule has 1 amide bonds. The molecule has 0 bridgehead atoms. The van der Waals surface area contributed by atoms with Crippen molar-refractivity contribution in [3.8, 4) is 0 Å². The van der Waals surface area contributed by atoms with Crippen LogP contribution >= 0.6 is 11.8 Å². The number of non-ortho nitro benzene ring substituents is 1. The van der Waals surface area contributed by atoms with Crippen LogP contribution in [0.2, 0.25) is 0 Å². The minimum atomic E-state index is -0.424. The van der Waals surface area contributed by atoms with Crippen LogP contribution in [0.3, 0.4) is 0 Å². The molecule has 110 valence electrons. The molecule has 1 aromatic rings. The van der Waals surface area contributed by atoms with Gasteiger partial charge in [-0.05, 0) is 18.4 Å². The van der Waals surface area contributed by atoms with Gasteiger partial charge in [0.25, 0.3) is 10.9 Å². The highest BCUT2D eigenvalue weighted by atomic mass is 32.2. The molecule has 1 rings (SSSR count). The van der Waals surface area contributed by atoms with Gasteiger partial charge in [0.2, 0.25) is 0 Å². The first kappa shape index (κ1) is 16.5. The molecule has 0 atom stereocenters. The molecule has 0 heterocycles. The smallest absolute Gasteiger partial charge is 0.281 e. The van der Waals surface area contributed by atoms with Gasteiger partial charge in [0.05, 0.1) is 4.92 Å². The largest absolute Gasteiger partial charge is 0.334 e. The first-order chi connectivity index (χ1) is 9.58. The average Bonchev–Trinajstić information content (AvgIpc) is 2.45. The van der Waals surface area contributed by atoms with Crippen LogP contribution in [-0.2, 0) is 5.75 Å². The zero-order chi connectivity index (χ0) is 15.0. The zero-order valence-corrected chi connectivity index (χ0v) is 12.7. The second kappa shape index (κ2) is 8.58. The molecular weight excluding hydrogens is 276 g/mol. The Morgan fingerprint density at radius 2 is 1.75 bits per heavy atom. The maximum absolute atomic E-state index is 12.1. The van der Waals surface area contributed by atoms with Gasteiger partial charge in [0.15, 0.2) is 0 Å². The Morgan fingerprint density at radius 1 is 1.20 bits per heavy atom. The predicted molar refractivity (Wildman–Crippen MR) is 81.9 cm³/mol. The van der Waals surface area contributed by atoms with E-state index in [1.165, 1.54) is 23.9 Å². The van der Waals surface area contributed by atoms with Crippen molar-refractivity contribution in [1.82, 2.24) is 4.90 Å². The SMILES string of the molecule is CCCN(CCC)C(=O)SCc1ccc([N+](=O)[O-])cc1. The first-order valence-electron chi connectivity index (χ1n) is 6.73. The van der Waals surface area contributed by atoms with Crippen molar-refractivity contribution in [1.29, 1.82) is 0 Å². The molecule has 0 N–H and O–H groups in total. The van der Waals surface area contributed by atoms with E-state index in [2.05, 4.69) is 13.8 Å². The Bertz CT molecular complexity index is 442. The van der Waals surface area contributed by atoms with Crippen LogP contribution in [-0.4, -0.2) is 28.2 Å². The summed E-state index contributed by atoms with van der Waals surface area (Å²) in [4.78, 5) is 24.0. The molecule has 6 heteroatoms. The lowest BCUT2D eigenvalue weighted by Crippen LogP contribution is -2.29. The molecule has 0 aliphatic carbocycles. The van der Waals surface area contributed by atoms with E-state index in [9.17, 15) is 14.9 Å². The summed E-state index contributed by atoms with van der Waals surface area (Å²) >= 11 is 1.25. The summed E-state index contributed by atoms with van der Waals surface area (Å²) in [5.74, 6) is 0.542. The summed E-state index contributed by atoms with van der Waals surface area (Å²) in [7, 11) is 0. The van der Waals surface area contributed by atoms with Crippen LogP contribution in [0, 0.1) is 10.1 Å². The van der Waals surface area contributed by atoms with E-state index >= 15 is 0 Å². The quantitative estimate of drug-likeness (QED) is 0.562. The van der Waals surface area contributed by atoms with Gasteiger partial charge in [-0.3, -0.25) is 14.9 Å². The van der Waals surface area contributed by atoms with Gasteiger partial charge >= 0.3 is 0 Å². The molecule has 0 aromatic heterocycles. The first-order valence-corrected chi connectivity index (χ1v) is 7.72. The monoisotopic (exact) mass is 296 g/mol. The fraction of sp³-hybridized carbons (Fsp3) is 0.500. The Hall–Kier alpha value is -1.56. The molecule has 0 radical (unpaired) electrons. The number of amides is 1. The fourth-order valence-electron chi connectivity index (χ4n) is 1.78. The van der Waals surface area contributed by atoms with Crippen molar-refractivity contribution in [2.75, 3.05) is 13.1 Å². The number of carbonyl (C=O) groups excluding carboxylic acids is 1. The van der Waals surface area contributed by atoms with E-state index in [1.807, 2.05) is 4.90 Å². The van der Waals surface area contributed by atoms with Crippen molar-refractivity contribution in [2.24, 2.45) is 0 Å². The topological polar surface area (TPSA) is 63.5 Å². The number of benzene rings is 1. The van der Waals surface area contributed by atoms with Gasteiger partial charge in [-0.1, -0.05) is 37.7 Å². The van der Waals surface area contributed by atoms with Gasteiger partial charge in [0.1, 0.15) is 0 Å². The molecule has 0 saturated heterocycles. The summed E-state index contributed by atoms with van der Waals surface area (Å²) in [5.41, 5.74) is 0.991. The lowest BCUT2D eigenvalue weighted by Gasteiger charge is -2.20. The number of nitrogens with zero attached hydrogens (tertiary/aromatic N) is 2. The Morgan fingerprint density at radius 3 is 2.20 bits per heavy atom. The molecule has 0 aliphatic heterocycles. The second-order valence-corrected chi connectivity index (χ2v) is 5.39. The third-order valence-electron chi connectivity index (χ3n) is 2.75. The van der Waals surface area contributed by atoms with Crippen molar-refractivity contribution in [3.05, 3.63) is 39.9 Å². The maximum atomic E-state index is 12.1. The molecule has 20 heavy (non-hydrogen) atoms. The minimum absolute atomic E-state index is 0.0728. The summed E-state index contributed by atoms with van der Waals surface area (Å²) in [6, 6.07) is 6.33. The third-order valence-corrected chi connectivity index (χ3v) is 3.74. The van der Waals surface area contributed by atoms with Crippen molar-refractivity contribution < 1.29 is 9.72 Å². The average molecular weight is 296 g/mol. The number of carbonyl (C=O) groups is 1. The van der Waals surface area contributed by atoms with Gasteiger partial charge in [-0.2, -0.15) is 0 Å². The van der Waals surface area contributed by atoms with Crippen LogP contribution in [0.4, 0.5) is 10.5 Å². The summed E-state index contributed by atoms with van der Waals surface area (Å²) in [6.07, 6.45) is 1.90. The van der Waals surface area contributed by atoms with E-state index in [0.717, 1.165) is 31.5 Å². The van der Waals surface area contributed by atoms with Crippen LogP contribution in [0.1, 0.15) is 32.3 Å². The molecule has 0 fully saturated rings. The second-order valence-electron chi connectivity index (χ2n) is 4.47. The molecule has 0 unspecified atom stereocenters. The highest BCUT2D eigenvalue weighted by molar-refractivity contribution is 8.12. The summed E-state index contributed by atoms with van der Waals surface area (Å²) in [6.45, 7) is 5.66. The minimum Gasteiger partial charge on any atom is -0.334 e. The third kappa shape index (κ3) is 5.21. The van der Waals surface area contributed by atoms with E-state index in [1.54, 1.807) is 12.1 Å². The number of rotatable bonds is 7. The fourth-order valence-corrected chi connectivity index (χ4v) is 2.63. The number of thioether (sulfide) groups is 1. The van der Waals surface area contributed by atoms with Gasteiger partial charge in [-0.25, -0.2) is 0 Å². The predicted octanol–water partition coefficient (Wildman–Crippen LogP) is 4.07. The van der Waals surface area contributed by atoms with E-state index in [-0.39, 0.29) is 10.9 Å². The van der Waals surface area contributed by atoms with E-state index < -0.39 is 4.92 Å². The number of nitro benzene ring substituents is 1. The lowest BCUT2D eigenvalue weighted by molar-refractivity contribution is -0.384. The number of hydrogen-bond acceptors (Lipinski definition) is 4. The Balaban J connectivity index is 2.52. The molecule has 1 aromatic carbocycles. The van der Waals surface area contributed by atoms with Crippen molar-refractivity contribution in [3.63, 3.8) is 0 Å². The highest BCUT2D eigenvalue weighted by Gasteiger charge is 2.12. The van der Waals surface area contributed by atoms with Gasteiger partial charge in [-0.15, -0.1) is 0 Å². The molecular formula is C14H20N2O3S. The molecule has 0 spiro atoms. The van der Waals surface area contributed by atoms with E-state index in [4.69, 9.17) is 0 Å². The van der Waals surface area contributed by atoms with Crippen LogP contribution < -0.4 is 0 Å². The zero-order valence-electron chi connectivity index (χ0n) is 11.9. The lowest BCUT2D eigenvalue weighted by atomic mass is 10.2. The summed E-state index contributed by atoms with van der Waals surface area (Å²) < 4.78 is 0.